The number of carbonyl (C=O) groups excluding carboxylic acids is 4. The van der Waals surface area contributed by atoms with E-state index in [0.717, 1.165) is 5.06 Å². The van der Waals surface area contributed by atoms with Crippen LogP contribution in [0.5, 0.6) is 0 Å². The number of ether oxygens (including phenoxy) is 1. The number of hydrogen-bond acceptors (Lipinski definition) is 6. The van der Waals surface area contributed by atoms with Gasteiger partial charge in [0.15, 0.2) is 0 Å². The highest BCUT2D eigenvalue weighted by Gasteiger charge is 2.53. The van der Waals surface area contributed by atoms with Crippen molar-refractivity contribution in [2.24, 2.45) is 5.41 Å². The lowest BCUT2D eigenvalue weighted by molar-refractivity contribution is -0.183. The van der Waals surface area contributed by atoms with Crippen molar-refractivity contribution in [3.8, 4) is 0 Å². The summed E-state index contributed by atoms with van der Waals surface area (Å²) in [5.41, 5.74) is -1.41. The SMILES string of the molecule is CON1C(=O)CC2(CCN(C(=O)CNC(=O)OC(C)(C)C)CC2)C1=O. The zero-order valence-corrected chi connectivity index (χ0v) is 15.1. The Hall–Kier alpha value is -2.16. The quantitative estimate of drug-likeness (QED) is 0.737. The Morgan fingerprint density at radius 1 is 1.20 bits per heavy atom. The molecule has 4 amide bonds. The summed E-state index contributed by atoms with van der Waals surface area (Å²) in [7, 11) is 1.29. The zero-order valence-electron chi connectivity index (χ0n) is 15.1. The van der Waals surface area contributed by atoms with Gasteiger partial charge in [0.05, 0.1) is 12.5 Å². The van der Waals surface area contributed by atoms with Gasteiger partial charge in [-0.05, 0) is 33.6 Å². The van der Waals surface area contributed by atoms with Gasteiger partial charge >= 0.3 is 6.09 Å². The van der Waals surface area contributed by atoms with Crippen molar-refractivity contribution in [3.05, 3.63) is 0 Å². The van der Waals surface area contributed by atoms with Crippen LogP contribution in [0, 0.1) is 5.41 Å². The fourth-order valence-electron chi connectivity index (χ4n) is 3.10. The normalized spacial score (nSPS) is 20.2. The highest BCUT2D eigenvalue weighted by molar-refractivity contribution is 6.04. The molecule has 9 nitrogen and oxygen atoms in total. The number of amides is 4. The predicted octanol–water partition coefficient (Wildman–Crippen LogP) is 0.440. The standard InChI is InChI=1S/C16H25N3O6/c1-15(2,3)25-14(23)17-10-12(21)18-7-5-16(6-8-18)9-11(20)19(24-4)13(16)22/h5-10H2,1-4H3,(H,17,23). The van der Waals surface area contributed by atoms with E-state index in [0.29, 0.717) is 25.9 Å². The Morgan fingerprint density at radius 2 is 1.80 bits per heavy atom. The molecule has 1 N–H and O–H groups in total. The lowest BCUT2D eigenvalue weighted by atomic mass is 9.77. The summed E-state index contributed by atoms with van der Waals surface area (Å²) in [5.74, 6) is -0.932. The number of piperidine rings is 1. The van der Waals surface area contributed by atoms with E-state index in [-0.39, 0.29) is 30.7 Å². The highest BCUT2D eigenvalue weighted by Crippen LogP contribution is 2.42. The van der Waals surface area contributed by atoms with Crippen molar-refractivity contribution < 1.29 is 28.8 Å². The molecule has 2 rings (SSSR count). The molecule has 0 aromatic carbocycles. The van der Waals surface area contributed by atoms with Crippen molar-refractivity contribution in [2.75, 3.05) is 26.7 Å². The minimum atomic E-state index is -0.775. The first kappa shape index (κ1) is 19.2. The van der Waals surface area contributed by atoms with E-state index in [1.54, 1.807) is 25.7 Å². The second kappa shape index (κ2) is 6.99. The van der Waals surface area contributed by atoms with E-state index >= 15 is 0 Å². The molecule has 2 aliphatic rings. The topological polar surface area (TPSA) is 105 Å². The van der Waals surface area contributed by atoms with Crippen molar-refractivity contribution in [1.29, 1.82) is 0 Å². The third kappa shape index (κ3) is 4.28. The molecule has 2 saturated heterocycles. The van der Waals surface area contributed by atoms with Crippen LogP contribution in [0.2, 0.25) is 0 Å². The van der Waals surface area contributed by atoms with E-state index in [1.807, 2.05) is 0 Å². The van der Waals surface area contributed by atoms with Crippen LogP contribution in [0.4, 0.5) is 4.79 Å². The monoisotopic (exact) mass is 355 g/mol. The number of imide groups is 1. The number of hydroxylamine groups is 2. The van der Waals surface area contributed by atoms with Crippen molar-refractivity contribution in [1.82, 2.24) is 15.3 Å². The molecular weight excluding hydrogens is 330 g/mol. The first-order chi connectivity index (χ1) is 11.6. The molecule has 0 aliphatic carbocycles. The van der Waals surface area contributed by atoms with Crippen LogP contribution in [0.1, 0.15) is 40.0 Å². The van der Waals surface area contributed by atoms with Crippen LogP contribution < -0.4 is 5.32 Å². The number of likely N-dealkylation sites (tertiary alicyclic amines) is 1. The number of carbonyl (C=O) groups is 4. The van der Waals surface area contributed by atoms with Crippen LogP contribution >= 0.6 is 0 Å². The number of hydrogen-bond donors (Lipinski definition) is 1. The van der Waals surface area contributed by atoms with Crippen LogP contribution in [0.25, 0.3) is 0 Å². The molecule has 2 heterocycles. The van der Waals surface area contributed by atoms with Crippen LogP contribution in [0.3, 0.4) is 0 Å². The number of nitrogens with one attached hydrogen (secondary N) is 1. The summed E-state index contributed by atoms with van der Waals surface area (Å²) in [5, 5.41) is 3.23. The lowest BCUT2D eigenvalue weighted by Crippen LogP contribution is -2.49. The van der Waals surface area contributed by atoms with Gasteiger partial charge in [-0.25, -0.2) is 4.79 Å². The Kier molecular flexibility index (Phi) is 5.36. The average molecular weight is 355 g/mol. The second-order valence-electron chi connectivity index (χ2n) is 7.37. The molecule has 0 aromatic heterocycles. The van der Waals surface area contributed by atoms with Gasteiger partial charge in [0.25, 0.3) is 11.8 Å². The minimum Gasteiger partial charge on any atom is -0.444 e. The van der Waals surface area contributed by atoms with E-state index in [2.05, 4.69) is 5.32 Å². The Labute approximate surface area is 146 Å². The number of nitrogens with zero attached hydrogens (tertiary/aromatic N) is 2. The van der Waals surface area contributed by atoms with Gasteiger partial charge in [0.2, 0.25) is 5.91 Å². The number of rotatable bonds is 3. The van der Waals surface area contributed by atoms with Crippen LogP contribution in [-0.4, -0.2) is 66.1 Å². The van der Waals surface area contributed by atoms with E-state index < -0.39 is 17.1 Å². The third-order valence-electron chi connectivity index (χ3n) is 4.39. The van der Waals surface area contributed by atoms with Gasteiger partial charge in [-0.1, -0.05) is 0 Å². The zero-order chi connectivity index (χ0) is 18.8. The van der Waals surface area contributed by atoms with Gasteiger partial charge in [-0.3, -0.25) is 19.2 Å². The van der Waals surface area contributed by atoms with Gasteiger partial charge in [0.1, 0.15) is 12.1 Å². The smallest absolute Gasteiger partial charge is 0.408 e. The highest BCUT2D eigenvalue weighted by atomic mass is 16.7. The molecule has 0 atom stereocenters. The summed E-state index contributed by atoms with van der Waals surface area (Å²) in [6.45, 7) is 5.75. The fourth-order valence-corrected chi connectivity index (χ4v) is 3.10. The predicted molar refractivity (Wildman–Crippen MR) is 86.0 cm³/mol. The molecule has 9 heteroatoms. The van der Waals surface area contributed by atoms with Crippen LogP contribution in [-0.2, 0) is 24.0 Å². The van der Waals surface area contributed by atoms with Crippen molar-refractivity contribution >= 4 is 23.8 Å². The molecule has 0 unspecified atom stereocenters. The molecule has 140 valence electrons. The Bertz CT molecular complexity index is 575. The molecule has 0 saturated carbocycles. The fraction of sp³-hybridized carbons (Fsp3) is 0.750. The largest absolute Gasteiger partial charge is 0.444 e. The Balaban J connectivity index is 1.84. The van der Waals surface area contributed by atoms with E-state index in [9.17, 15) is 19.2 Å². The summed E-state index contributed by atoms with van der Waals surface area (Å²) in [4.78, 5) is 54.4. The maximum absolute atomic E-state index is 12.4. The number of alkyl carbamates (subject to hydrolysis) is 1. The summed E-state index contributed by atoms with van der Waals surface area (Å²) >= 11 is 0. The van der Waals surface area contributed by atoms with Gasteiger partial charge < -0.3 is 15.0 Å². The Morgan fingerprint density at radius 3 is 2.28 bits per heavy atom. The average Bonchev–Trinajstić information content (AvgIpc) is 2.74. The second-order valence-corrected chi connectivity index (χ2v) is 7.37. The molecule has 0 aromatic rings. The summed E-state index contributed by atoms with van der Waals surface area (Å²) < 4.78 is 5.08. The molecule has 1 spiro atoms. The molecule has 25 heavy (non-hydrogen) atoms. The molecule has 2 fully saturated rings. The van der Waals surface area contributed by atoms with Crippen LogP contribution in [0.15, 0.2) is 0 Å². The molecule has 0 radical (unpaired) electrons. The maximum Gasteiger partial charge on any atom is 0.408 e. The van der Waals surface area contributed by atoms with Gasteiger partial charge in [-0.2, -0.15) is 5.06 Å². The minimum absolute atomic E-state index is 0.109. The first-order valence-corrected chi connectivity index (χ1v) is 8.24. The molecule has 2 aliphatic heterocycles. The first-order valence-electron chi connectivity index (χ1n) is 8.24. The lowest BCUT2D eigenvalue weighted by Gasteiger charge is -2.37. The summed E-state index contributed by atoms with van der Waals surface area (Å²) in [6.07, 6.45) is 0.255. The van der Waals surface area contributed by atoms with Crippen molar-refractivity contribution in [2.45, 2.75) is 45.6 Å². The van der Waals surface area contributed by atoms with Gasteiger partial charge in [-0.15, -0.1) is 0 Å². The van der Waals surface area contributed by atoms with Crippen molar-refractivity contribution in [3.63, 3.8) is 0 Å². The third-order valence-corrected chi connectivity index (χ3v) is 4.39. The molecule has 0 bridgehead atoms. The maximum atomic E-state index is 12.4. The van der Waals surface area contributed by atoms with Gasteiger partial charge in [0, 0.05) is 19.5 Å². The summed E-state index contributed by atoms with van der Waals surface area (Å²) in [6, 6.07) is 0. The van der Waals surface area contributed by atoms with E-state index in [1.165, 1.54) is 7.11 Å². The molecular formula is C16H25N3O6. The van der Waals surface area contributed by atoms with E-state index in [4.69, 9.17) is 9.57 Å².